The van der Waals surface area contributed by atoms with Crippen LogP contribution in [0.5, 0.6) is 0 Å². The van der Waals surface area contributed by atoms with E-state index in [-0.39, 0.29) is 51.4 Å². The van der Waals surface area contributed by atoms with Gasteiger partial charge < -0.3 is 0 Å². The SMILES string of the molecule is Sc1ccc2ccccc2c1.[KH]. The number of rotatable bonds is 0. The molecule has 56 valence electrons. The van der Waals surface area contributed by atoms with Gasteiger partial charge in [0.15, 0.2) is 0 Å². The average molecular weight is 200 g/mol. The van der Waals surface area contributed by atoms with Crippen molar-refractivity contribution in [1.82, 2.24) is 0 Å². The maximum atomic E-state index is 4.26. The van der Waals surface area contributed by atoms with Crippen molar-refractivity contribution in [1.29, 1.82) is 0 Å². The van der Waals surface area contributed by atoms with Gasteiger partial charge in [-0.1, -0.05) is 30.3 Å². The van der Waals surface area contributed by atoms with Crippen LogP contribution in [0.15, 0.2) is 47.4 Å². The van der Waals surface area contributed by atoms with Crippen LogP contribution in [0.4, 0.5) is 0 Å². The number of hydrogen-bond acceptors (Lipinski definition) is 1. The number of fused-ring (bicyclic) bond motifs is 1. The molecule has 0 aliphatic carbocycles. The van der Waals surface area contributed by atoms with Gasteiger partial charge in [0.25, 0.3) is 0 Å². The van der Waals surface area contributed by atoms with Crippen molar-refractivity contribution in [3.05, 3.63) is 42.5 Å². The van der Waals surface area contributed by atoms with Gasteiger partial charge in [0.2, 0.25) is 0 Å². The minimum absolute atomic E-state index is 0. The van der Waals surface area contributed by atoms with E-state index < -0.39 is 0 Å². The first kappa shape index (κ1) is 10.8. The molecule has 0 N–H and O–H groups in total. The first-order chi connectivity index (χ1) is 5.36. The summed E-state index contributed by atoms with van der Waals surface area (Å²) in [6.07, 6.45) is 0. The first-order valence-corrected chi connectivity index (χ1v) is 3.99. The zero-order chi connectivity index (χ0) is 7.68. The van der Waals surface area contributed by atoms with Crippen molar-refractivity contribution in [2.75, 3.05) is 0 Å². The molecule has 0 aliphatic heterocycles. The monoisotopic (exact) mass is 200 g/mol. The molecule has 0 spiro atoms. The molecule has 0 saturated heterocycles. The van der Waals surface area contributed by atoms with Gasteiger partial charge in [-0.15, -0.1) is 12.6 Å². The van der Waals surface area contributed by atoms with Crippen LogP contribution in [0.2, 0.25) is 0 Å². The molecule has 0 amide bonds. The summed E-state index contributed by atoms with van der Waals surface area (Å²) in [5.74, 6) is 0. The molecule has 0 saturated carbocycles. The maximum absolute atomic E-state index is 4.26. The van der Waals surface area contributed by atoms with Crippen molar-refractivity contribution in [2.24, 2.45) is 0 Å². The van der Waals surface area contributed by atoms with Crippen LogP contribution in [0, 0.1) is 0 Å². The van der Waals surface area contributed by atoms with E-state index in [4.69, 9.17) is 0 Å². The van der Waals surface area contributed by atoms with Crippen LogP contribution in [0.3, 0.4) is 0 Å². The van der Waals surface area contributed by atoms with Crippen LogP contribution in [-0.4, -0.2) is 51.4 Å². The molecule has 12 heavy (non-hydrogen) atoms. The topological polar surface area (TPSA) is 0 Å². The van der Waals surface area contributed by atoms with E-state index in [0.717, 1.165) is 4.90 Å². The van der Waals surface area contributed by atoms with Crippen LogP contribution in [0.1, 0.15) is 0 Å². The van der Waals surface area contributed by atoms with Crippen LogP contribution in [0.25, 0.3) is 10.8 Å². The Kier molecular flexibility index (Phi) is 4.30. The summed E-state index contributed by atoms with van der Waals surface area (Å²) in [5.41, 5.74) is 0. The van der Waals surface area contributed by atoms with Crippen molar-refractivity contribution in [3.63, 3.8) is 0 Å². The van der Waals surface area contributed by atoms with Crippen molar-refractivity contribution in [2.45, 2.75) is 4.90 Å². The molecule has 0 fully saturated rings. The number of hydrogen-bond donors (Lipinski definition) is 1. The Balaban J connectivity index is 0.000000720. The van der Waals surface area contributed by atoms with Crippen LogP contribution >= 0.6 is 12.6 Å². The standard InChI is InChI=1S/C10H8S.K.H/c11-10-6-5-8-3-1-2-4-9(8)7-10;;/h1-7,11H;;. The van der Waals surface area contributed by atoms with Gasteiger partial charge in [-0.2, -0.15) is 0 Å². The number of benzene rings is 2. The van der Waals surface area contributed by atoms with E-state index in [1.54, 1.807) is 0 Å². The molecule has 0 unspecified atom stereocenters. The predicted octanol–water partition coefficient (Wildman–Crippen LogP) is 2.48. The fraction of sp³-hybridized carbons (Fsp3) is 0. The van der Waals surface area contributed by atoms with Gasteiger partial charge in [0.1, 0.15) is 0 Å². The quantitative estimate of drug-likeness (QED) is 0.490. The summed E-state index contributed by atoms with van der Waals surface area (Å²) in [7, 11) is 0. The summed E-state index contributed by atoms with van der Waals surface area (Å²) in [4.78, 5) is 1.02. The minimum atomic E-state index is 0. The van der Waals surface area contributed by atoms with Gasteiger partial charge in [-0.25, -0.2) is 0 Å². The second kappa shape index (κ2) is 4.79. The molecular formula is C10H9KS. The van der Waals surface area contributed by atoms with Gasteiger partial charge in [-0.05, 0) is 22.9 Å². The normalized spacial score (nSPS) is 9.42. The molecule has 0 nitrogen and oxygen atoms in total. The molecular weight excluding hydrogens is 191 g/mol. The Morgan fingerprint density at radius 1 is 0.833 bits per heavy atom. The van der Waals surface area contributed by atoms with E-state index in [9.17, 15) is 0 Å². The molecule has 2 aromatic rings. The van der Waals surface area contributed by atoms with E-state index in [1.165, 1.54) is 10.8 Å². The summed E-state index contributed by atoms with van der Waals surface area (Å²) in [6.45, 7) is 0. The first-order valence-electron chi connectivity index (χ1n) is 3.54. The van der Waals surface area contributed by atoms with E-state index in [1.807, 2.05) is 18.2 Å². The van der Waals surface area contributed by atoms with Crippen molar-refractivity contribution >= 4 is 74.8 Å². The summed E-state index contributed by atoms with van der Waals surface area (Å²) >= 11 is 4.26. The third kappa shape index (κ3) is 2.34. The summed E-state index contributed by atoms with van der Waals surface area (Å²) in [5, 5.41) is 2.52. The van der Waals surface area contributed by atoms with Crippen molar-refractivity contribution in [3.8, 4) is 0 Å². The van der Waals surface area contributed by atoms with E-state index in [0.29, 0.717) is 0 Å². The van der Waals surface area contributed by atoms with Gasteiger partial charge in [-0.3, -0.25) is 0 Å². The third-order valence-corrected chi connectivity index (χ3v) is 2.01. The zero-order valence-corrected chi connectivity index (χ0v) is 6.88. The van der Waals surface area contributed by atoms with E-state index >= 15 is 0 Å². The molecule has 0 aliphatic rings. The molecule has 2 heteroatoms. The zero-order valence-electron chi connectivity index (χ0n) is 5.99. The Morgan fingerprint density at radius 2 is 1.50 bits per heavy atom. The fourth-order valence-corrected chi connectivity index (χ4v) is 1.39. The Hall–Kier alpha value is 0.686. The van der Waals surface area contributed by atoms with Crippen LogP contribution in [-0.2, 0) is 0 Å². The van der Waals surface area contributed by atoms with Gasteiger partial charge in [0, 0.05) is 4.90 Å². The average Bonchev–Trinajstić information content (AvgIpc) is 2.04. The van der Waals surface area contributed by atoms with E-state index in [2.05, 4.69) is 36.9 Å². The molecule has 0 bridgehead atoms. The Morgan fingerprint density at radius 3 is 2.25 bits per heavy atom. The number of thiol groups is 1. The Labute approximate surface area is 120 Å². The van der Waals surface area contributed by atoms with Crippen LogP contribution < -0.4 is 0 Å². The molecule has 2 aromatic carbocycles. The molecule has 0 heterocycles. The summed E-state index contributed by atoms with van der Waals surface area (Å²) < 4.78 is 0. The predicted molar refractivity (Wildman–Crippen MR) is 58.3 cm³/mol. The summed E-state index contributed by atoms with van der Waals surface area (Å²) in [6, 6.07) is 14.4. The van der Waals surface area contributed by atoms with Crippen molar-refractivity contribution < 1.29 is 0 Å². The van der Waals surface area contributed by atoms with Gasteiger partial charge >= 0.3 is 51.4 Å². The van der Waals surface area contributed by atoms with Gasteiger partial charge in [0.05, 0.1) is 0 Å². The molecule has 2 rings (SSSR count). The molecule has 0 aromatic heterocycles. The third-order valence-electron chi connectivity index (χ3n) is 1.73. The second-order valence-electron chi connectivity index (χ2n) is 2.53. The fourth-order valence-electron chi connectivity index (χ4n) is 1.18. The Bertz CT molecular complexity index is 384. The molecule has 0 radical (unpaired) electrons. The second-order valence-corrected chi connectivity index (χ2v) is 3.05. The molecule has 0 atom stereocenters.